The van der Waals surface area contributed by atoms with E-state index in [9.17, 15) is 0 Å². The predicted octanol–water partition coefficient (Wildman–Crippen LogP) is 2.02. The lowest BCUT2D eigenvalue weighted by Gasteiger charge is -2.46. The topological polar surface area (TPSA) is 3.24 Å². The Kier molecular flexibility index (Phi) is 0.976. The fourth-order valence-corrected chi connectivity index (χ4v) is 3.71. The van der Waals surface area contributed by atoms with E-state index < -0.39 is 0 Å². The summed E-state index contributed by atoms with van der Waals surface area (Å²) in [5.74, 6) is 0. The van der Waals surface area contributed by atoms with Crippen LogP contribution in [0.15, 0.2) is 0 Å². The minimum Gasteiger partial charge on any atom is -0.294 e. The standard InChI is InChI=1S/C10H17N/c1-7(2)11-8-4-3-5-10(8)6-9(10)11/h7-9H,3-6H2,1-2H3. The van der Waals surface area contributed by atoms with Gasteiger partial charge in [-0.3, -0.25) is 4.90 Å². The molecule has 0 aromatic heterocycles. The van der Waals surface area contributed by atoms with Crippen molar-refractivity contribution in [3.63, 3.8) is 0 Å². The fraction of sp³-hybridized carbons (Fsp3) is 1.00. The van der Waals surface area contributed by atoms with Gasteiger partial charge in [0, 0.05) is 23.5 Å². The molecule has 0 aromatic carbocycles. The molecule has 3 fully saturated rings. The molecule has 3 atom stereocenters. The molecular weight excluding hydrogens is 134 g/mol. The van der Waals surface area contributed by atoms with Crippen molar-refractivity contribution in [1.29, 1.82) is 0 Å². The minimum absolute atomic E-state index is 0.804. The van der Waals surface area contributed by atoms with E-state index in [-0.39, 0.29) is 0 Å². The molecule has 2 aliphatic carbocycles. The minimum atomic E-state index is 0.804. The second kappa shape index (κ2) is 1.66. The lowest BCUT2D eigenvalue weighted by atomic mass is 9.88. The molecule has 1 spiro atoms. The third-order valence-electron chi connectivity index (χ3n) is 4.18. The highest BCUT2D eigenvalue weighted by atomic mass is 15.4. The molecule has 0 radical (unpaired) electrons. The average Bonchev–Trinajstić information content (AvgIpc) is 2.25. The van der Waals surface area contributed by atoms with Crippen molar-refractivity contribution in [3.8, 4) is 0 Å². The van der Waals surface area contributed by atoms with Crippen molar-refractivity contribution in [2.45, 2.75) is 57.7 Å². The Labute approximate surface area is 68.8 Å². The molecule has 1 heteroatoms. The number of hydrogen-bond acceptors (Lipinski definition) is 1. The van der Waals surface area contributed by atoms with Gasteiger partial charge in [0.15, 0.2) is 0 Å². The SMILES string of the molecule is CC(C)N1C2CCCC23CC13. The van der Waals surface area contributed by atoms with Gasteiger partial charge in [0.05, 0.1) is 0 Å². The zero-order chi connectivity index (χ0) is 7.64. The maximum atomic E-state index is 2.76. The van der Waals surface area contributed by atoms with Crippen LogP contribution in [0.3, 0.4) is 0 Å². The predicted molar refractivity (Wildman–Crippen MR) is 45.5 cm³/mol. The van der Waals surface area contributed by atoms with Gasteiger partial charge in [0.25, 0.3) is 0 Å². The van der Waals surface area contributed by atoms with Crippen LogP contribution < -0.4 is 0 Å². The highest BCUT2D eigenvalue weighted by molar-refractivity contribution is 5.27. The smallest absolute Gasteiger partial charge is 0.0180 e. The quantitative estimate of drug-likeness (QED) is 0.554. The summed E-state index contributed by atoms with van der Waals surface area (Å²) in [6, 6.07) is 2.83. The van der Waals surface area contributed by atoms with Crippen molar-refractivity contribution in [2.24, 2.45) is 5.41 Å². The summed E-state index contributed by atoms with van der Waals surface area (Å²) in [5, 5.41) is 0. The molecule has 0 bridgehead atoms. The molecule has 0 N–H and O–H groups in total. The lowest BCUT2D eigenvalue weighted by Crippen LogP contribution is -2.56. The van der Waals surface area contributed by atoms with E-state index in [0.717, 1.165) is 23.5 Å². The van der Waals surface area contributed by atoms with Gasteiger partial charge in [-0.15, -0.1) is 0 Å². The fourth-order valence-electron chi connectivity index (χ4n) is 3.71. The van der Waals surface area contributed by atoms with E-state index in [1.54, 1.807) is 6.42 Å². The van der Waals surface area contributed by atoms with Crippen molar-refractivity contribution in [3.05, 3.63) is 0 Å². The molecule has 1 heterocycles. The van der Waals surface area contributed by atoms with Gasteiger partial charge in [-0.25, -0.2) is 0 Å². The number of hydrogen-bond donors (Lipinski definition) is 0. The van der Waals surface area contributed by atoms with Crippen LogP contribution in [0.2, 0.25) is 0 Å². The third kappa shape index (κ3) is 0.547. The molecule has 0 amide bonds. The highest BCUT2D eigenvalue weighted by Gasteiger charge is 2.73. The average molecular weight is 151 g/mol. The van der Waals surface area contributed by atoms with Crippen LogP contribution >= 0.6 is 0 Å². The Morgan fingerprint density at radius 1 is 1.36 bits per heavy atom. The summed E-state index contributed by atoms with van der Waals surface area (Å²) in [7, 11) is 0. The Morgan fingerprint density at radius 3 is 2.91 bits per heavy atom. The van der Waals surface area contributed by atoms with Crippen LogP contribution in [0.4, 0.5) is 0 Å². The Hall–Kier alpha value is -0.0400. The second-order valence-corrected chi connectivity index (χ2v) is 4.90. The van der Waals surface area contributed by atoms with E-state index in [1.807, 2.05) is 0 Å². The summed E-state index contributed by atoms with van der Waals surface area (Å²) < 4.78 is 0. The molecule has 62 valence electrons. The van der Waals surface area contributed by atoms with E-state index >= 15 is 0 Å². The van der Waals surface area contributed by atoms with Gasteiger partial charge in [-0.2, -0.15) is 0 Å². The monoisotopic (exact) mass is 151 g/mol. The Bertz CT molecular complexity index is 199. The van der Waals surface area contributed by atoms with Crippen molar-refractivity contribution in [2.75, 3.05) is 0 Å². The van der Waals surface area contributed by atoms with Gasteiger partial charge in [-0.05, 0) is 33.1 Å². The third-order valence-corrected chi connectivity index (χ3v) is 4.18. The van der Waals surface area contributed by atoms with Crippen LogP contribution in [0, 0.1) is 5.41 Å². The summed E-state index contributed by atoms with van der Waals surface area (Å²) >= 11 is 0. The summed E-state index contributed by atoms with van der Waals surface area (Å²) in [4.78, 5) is 2.76. The van der Waals surface area contributed by atoms with Gasteiger partial charge < -0.3 is 0 Å². The van der Waals surface area contributed by atoms with Crippen molar-refractivity contribution < 1.29 is 0 Å². The summed E-state index contributed by atoms with van der Waals surface area (Å²) in [6.45, 7) is 4.70. The van der Waals surface area contributed by atoms with Gasteiger partial charge in [0.2, 0.25) is 0 Å². The summed E-state index contributed by atoms with van der Waals surface area (Å²) in [5.41, 5.74) is 0.879. The molecular formula is C10H17N. The molecule has 1 aliphatic heterocycles. The van der Waals surface area contributed by atoms with Crippen LogP contribution in [-0.4, -0.2) is 23.0 Å². The first-order valence-corrected chi connectivity index (χ1v) is 5.03. The van der Waals surface area contributed by atoms with Crippen LogP contribution in [0.25, 0.3) is 0 Å². The molecule has 1 nitrogen and oxygen atoms in total. The number of rotatable bonds is 1. The van der Waals surface area contributed by atoms with E-state index in [1.165, 1.54) is 19.3 Å². The largest absolute Gasteiger partial charge is 0.294 e. The molecule has 3 aliphatic rings. The zero-order valence-corrected chi connectivity index (χ0v) is 7.51. The van der Waals surface area contributed by atoms with Gasteiger partial charge >= 0.3 is 0 Å². The number of nitrogens with zero attached hydrogens (tertiary/aromatic N) is 1. The Balaban J connectivity index is 1.84. The molecule has 11 heavy (non-hydrogen) atoms. The summed E-state index contributed by atoms with van der Waals surface area (Å²) in [6.07, 6.45) is 6.08. The van der Waals surface area contributed by atoms with Crippen LogP contribution in [0.5, 0.6) is 0 Å². The molecule has 3 unspecified atom stereocenters. The normalized spacial score (nSPS) is 53.7. The van der Waals surface area contributed by atoms with E-state index in [2.05, 4.69) is 18.7 Å². The highest BCUT2D eigenvalue weighted by Crippen LogP contribution is 2.71. The molecule has 0 aromatic rings. The number of likely N-dealkylation sites (tertiary alicyclic amines) is 1. The van der Waals surface area contributed by atoms with Crippen LogP contribution in [-0.2, 0) is 0 Å². The van der Waals surface area contributed by atoms with Crippen molar-refractivity contribution in [1.82, 2.24) is 4.90 Å². The van der Waals surface area contributed by atoms with Gasteiger partial charge in [0.1, 0.15) is 0 Å². The Morgan fingerprint density at radius 2 is 2.18 bits per heavy atom. The lowest BCUT2D eigenvalue weighted by molar-refractivity contribution is 0.00659. The molecule has 3 rings (SSSR count). The van der Waals surface area contributed by atoms with Crippen LogP contribution in [0.1, 0.15) is 39.5 Å². The first kappa shape index (κ1) is 6.47. The molecule has 1 saturated heterocycles. The molecule has 2 saturated carbocycles. The van der Waals surface area contributed by atoms with E-state index in [0.29, 0.717) is 0 Å². The van der Waals surface area contributed by atoms with Gasteiger partial charge in [-0.1, -0.05) is 6.42 Å². The second-order valence-electron chi connectivity index (χ2n) is 4.90. The van der Waals surface area contributed by atoms with E-state index in [4.69, 9.17) is 0 Å². The first-order valence-electron chi connectivity index (χ1n) is 5.03. The van der Waals surface area contributed by atoms with Crippen molar-refractivity contribution >= 4 is 0 Å². The maximum Gasteiger partial charge on any atom is 0.0180 e. The first-order chi connectivity index (χ1) is 5.26. The zero-order valence-electron chi connectivity index (χ0n) is 7.51. The maximum absolute atomic E-state index is 2.76.